The number of carboxylic acid groups (broad SMARTS) is 1. The van der Waals surface area contributed by atoms with Crippen molar-refractivity contribution in [2.75, 3.05) is 6.54 Å². The first-order valence-corrected chi connectivity index (χ1v) is 10.2. The zero-order valence-electron chi connectivity index (χ0n) is 18.5. The van der Waals surface area contributed by atoms with Crippen LogP contribution in [-0.4, -0.2) is 53.5 Å². The zero-order valence-corrected chi connectivity index (χ0v) is 18.5. The lowest BCUT2D eigenvalue weighted by molar-refractivity contribution is -0.143. The van der Waals surface area contributed by atoms with Gasteiger partial charge in [-0.3, -0.25) is 14.4 Å². The number of carbonyl (C=O) groups excluding carboxylic acids is 3. The normalized spacial score (nSPS) is 15.3. The Kier molecular flexibility index (Phi) is 12.2. The maximum absolute atomic E-state index is 12.6. The molecule has 0 aromatic rings. The Hall–Kier alpha value is -2.16. The van der Waals surface area contributed by atoms with Gasteiger partial charge in [0, 0.05) is 0 Å². The van der Waals surface area contributed by atoms with Gasteiger partial charge in [-0.25, -0.2) is 4.79 Å². The summed E-state index contributed by atoms with van der Waals surface area (Å²) < 4.78 is 0. The molecule has 168 valence electrons. The van der Waals surface area contributed by atoms with Gasteiger partial charge >= 0.3 is 5.97 Å². The van der Waals surface area contributed by atoms with Crippen LogP contribution < -0.4 is 21.7 Å². The molecule has 0 saturated carbocycles. The number of hydrogen-bond acceptors (Lipinski definition) is 5. The summed E-state index contributed by atoms with van der Waals surface area (Å²) in [4.78, 5) is 48.3. The van der Waals surface area contributed by atoms with Crippen molar-refractivity contribution in [3.63, 3.8) is 0 Å². The second-order valence-corrected chi connectivity index (χ2v) is 8.41. The summed E-state index contributed by atoms with van der Waals surface area (Å²) >= 11 is 0. The molecule has 0 aromatic heterocycles. The Morgan fingerprint density at radius 3 is 1.90 bits per heavy atom. The zero-order chi connectivity index (χ0) is 22.7. The molecule has 0 spiro atoms. The van der Waals surface area contributed by atoms with Gasteiger partial charge in [0.05, 0.1) is 12.6 Å². The van der Waals surface area contributed by atoms with E-state index < -0.39 is 41.8 Å². The number of hydrogen-bond donors (Lipinski definition) is 5. The molecule has 0 aliphatic carbocycles. The van der Waals surface area contributed by atoms with E-state index in [4.69, 9.17) is 5.73 Å². The van der Waals surface area contributed by atoms with Crippen molar-refractivity contribution >= 4 is 23.7 Å². The van der Waals surface area contributed by atoms with Gasteiger partial charge in [-0.05, 0) is 30.6 Å². The van der Waals surface area contributed by atoms with Gasteiger partial charge < -0.3 is 26.8 Å². The van der Waals surface area contributed by atoms with Crippen LogP contribution in [0.1, 0.15) is 60.8 Å². The van der Waals surface area contributed by atoms with Crippen LogP contribution in [0.25, 0.3) is 0 Å². The van der Waals surface area contributed by atoms with Gasteiger partial charge in [0.1, 0.15) is 12.1 Å². The molecule has 9 heteroatoms. The van der Waals surface area contributed by atoms with Gasteiger partial charge in [-0.1, -0.05) is 48.0 Å². The summed E-state index contributed by atoms with van der Waals surface area (Å²) in [6, 6.07) is -2.63. The van der Waals surface area contributed by atoms with Crippen LogP contribution in [-0.2, 0) is 19.2 Å². The number of amides is 3. The molecule has 6 N–H and O–H groups in total. The predicted molar refractivity (Wildman–Crippen MR) is 111 cm³/mol. The molecule has 0 radical (unpaired) electrons. The quantitative estimate of drug-likeness (QED) is 0.298. The minimum Gasteiger partial charge on any atom is -0.480 e. The van der Waals surface area contributed by atoms with Crippen molar-refractivity contribution in [3.05, 3.63) is 0 Å². The van der Waals surface area contributed by atoms with E-state index in [9.17, 15) is 24.3 Å². The van der Waals surface area contributed by atoms with Gasteiger partial charge in [0.2, 0.25) is 17.7 Å². The predicted octanol–water partition coefficient (Wildman–Crippen LogP) is 0.622. The maximum Gasteiger partial charge on any atom is 0.326 e. The van der Waals surface area contributed by atoms with Crippen molar-refractivity contribution in [3.8, 4) is 0 Å². The molecule has 0 saturated heterocycles. The first-order chi connectivity index (χ1) is 13.4. The Balaban J connectivity index is 4.93. The molecule has 4 atom stereocenters. The molecule has 0 aromatic carbocycles. The van der Waals surface area contributed by atoms with Crippen molar-refractivity contribution in [1.29, 1.82) is 0 Å². The summed E-state index contributed by atoms with van der Waals surface area (Å²) in [6.07, 6.45) is 1.42. The van der Waals surface area contributed by atoms with E-state index in [1.54, 1.807) is 6.92 Å². The van der Waals surface area contributed by atoms with E-state index >= 15 is 0 Å². The Morgan fingerprint density at radius 1 is 0.897 bits per heavy atom. The summed E-state index contributed by atoms with van der Waals surface area (Å²) in [5.74, 6) is -2.55. The first-order valence-electron chi connectivity index (χ1n) is 10.2. The van der Waals surface area contributed by atoms with E-state index in [0.29, 0.717) is 19.3 Å². The number of rotatable bonds is 13. The third-order valence-corrected chi connectivity index (χ3v) is 4.62. The standard InChI is InChI=1S/C20H38N4O5/c1-7-13(6)17(20(28)29)24-19(27)15(9-12(4)5)23-16(25)10-22-18(26)14(21)8-11(2)3/h11-15,17H,7-10,21H2,1-6H3,(H,22,26)(H,23,25)(H,24,27)(H,28,29). The van der Waals surface area contributed by atoms with E-state index in [2.05, 4.69) is 16.0 Å². The second kappa shape index (κ2) is 13.1. The summed E-state index contributed by atoms with van der Waals surface area (Å²) in [7, 11) is 0. The van der Waals surface area contributed by atoms with Crippen LogP contribution in [0.5, 0.6) is 0 Å². The smallest absolute Gasteiger partial charge is 0.326 e. The van der Waals surface area contributed by atoms with Crippen LogP contribution in [0.3, 0.4) is 0 Å². The monoisotopic (exact) mass is 414 g/mol. The third-order valence-electron chi connectivity index (χ3n) is 4.62. The fourth-order valence-corrected chi connectivity index (χ4v) is 2.80. The van der Waals surface area contributed by atoms with E-state index in [-0.39, 0.29) is 24.3 Å². The average molecular weight is 415 g/mol. The molecule has 3 amide bonds. The van der Waals surface area contributed by atoms with Gasteiger partial charge in [-0.15, -0.1) is 0 Å². The van der Waals surface area contributed by atoms with E-state index in [1.165, 1.54) is 0 Å². The number of carboxylic acids is 1. The van der Waals surface area contributed by atoms with Gasteiger partial charge in [0.15, 0.2) is 0 Å². The minimum absolute atomic E-state index is 0.0898. The number of nitrogens with two attached hydrogens (primary N) is 1. The van der Waals surface area contributed by atoms with Crippen molar-refractivity contribution < 1.29 is 24.3 Å². The highest BCUT2D eigenvalue weighted by Crippen LogP contribution is 2.10. The molecule has 4 unspecified atom stereocenters. The molecule has 0 fully saturated rings. The molecule has 0 rings (SSSR count). The topological polar surface area (TPSA) is 151 Å². The highest BCUT2D eigenvalue weighted by molar-refractivity contribution is 5.92. The fraction of sp³-hybridized carbons (Fsp3) is 0.800. The molecule has 29 heavy (non-hydrogen) atoms. The molecular formula is C20H38N4O5. The summed E-state index contributed by atoms with van der Waals surface area (Å²) in [5, 5.41) is 16.9. The van der Waals surface area contributed by atoms with Crippen LogP contribution in [0.4, 0.5) is 0 Å². The Bertz CT molecular complexity index is 565. The van der Waals surface area contributed by atoms with Crippen LogP contribution >= 0.6 is 0 Å². The van der Waals surface area contributed by atoms with Crippen molar-refractivity contribution in [2.24, 2.45) is 23.5 Å². The van der Waals surface area contributed by atoms with Crippen LogP contribution in [0.15, 0.2) is 0 Å². The molecule has 0 aliphatic rings. The number of aliphatic carboxylic acids is 1. The molecule has 0 bridgehead atoms. The fourth-order valence-electron chi connectivity index (χ4n) is 2.80. The summed E-state index contributed by atoms with van der Waals surface area (Å²) in [5.41, 5.74) is 5.78. The lowest BCUT2D eigenvalue weighted by atomic mass is 9.97. The average Bonchev–Trinajstić information content (AvgIpc) is 2.61. The van der Waals surface area contributed by atoms with E-state index in [1.807, 2.05) is 34.6 Å². The van der Waals surface area contributed by atoms with Gasteiger partial charge in [-0.2, -0.15) is 0 Å². The third kappa shape index (κ3) is 10.8. The lowest BCUT2D eigenvalue weighted by Gasteiger charge is -2.25. The first kappa shape index (κ1) is 26.8. The Morgan fingerprint density at radius 2 is 1.45 bits per heavy atom. The van der Waals surface area contributed by atoms with Crippen molar-refractivity contribution in [2.45, 2.75) is 78.9 Å². The summed E-state index contributed by atoms with van der Waals surface area (Å²) in [6.45, 7) is 10.9. The largest absolute Gasteiger partial charge is 0.480 e. The number of carbonyl (C=O) groups is 4. The van der Waals surface area contributed by atoms with E-state index in [0.717, 1.165) is 0 Å². The Labute approximate surface area is 173 Å². The highest BCUT2D eigenvalue weighted by atomic mass is 16.4. The minimum atomic E-state index is -1.12. The van der Waals surface area contributed by atoms with Crippen LogP contribution in [0.2, 0.25) is 0 Å². The van der Waals surface area contributed by atoms with Crippen molar-refractivity contribution in [1.82, 2.24) is 16.0 Å². The maximum atomic E-state index is 12.6. The molecular weight excluding hydrogens is 376 g/mol. The second-order valence-electron chi connectivity index (χ2n) is 8.41. The van der Waals surface area contributed by atoms with Crippen LogP contribution in [0, 0.1) is 17.8 Å². The SMILES string of the molecule is CCC(C)C(NC(=O)C(CC(C)C)NC(=O)CNC(=O)C(N)CC(C)C)C(=O)O. The molecule has 0 aliphatic heterocycles. The lowest BCUT2D eigenvalue weighted by Crippen LogP contribution is -2.55. The highest BCUT2D eigenvalue weighted by Gasteiger charge is 2.30. The number of nitrogens with one attached hydrogen (secondary N) is 3. The molecule has 0 heterocycles. The molecule has 9 nitrogen and oxygen atoms in total. The van der Waals surface area contributed by atoms with Gasteiger partial charge in [0.25, 0.3) is 0 Å².